The molecule has 2 saturated heterocycles. The first-order valence-electron chi connectivity index (χ1n) is 12.1. The maximum Gasteiger partial charge on any atom is 0.295 e. The predicted molar refractivity (Wildman–Crippen MR) is 131 cm³/mol. The molecule has 0 saturated carbocycles. The predicted octanol–water partition coefficient (Wildman–Crippen LogP) is 3.34. The van der Waals surface area contributed by atoms with Crippen LogP contribution in [0.4, 0.5) is 0 Å². The third-order valence-electron chi connectivity index (χ3n) is 7.02. The van der Waals surface area contributed by atoms with E-state index in [1.165, 1.54) is 18.4 Å². The maximum absolute atomic E-state index is 13.4. The third-order valence-corrected chi connectivity index (χ3v) is 7.02. The Labute approximate surface area is 209 Å². The van der Waals surface area contributed by atoms with E-state index in [1.54, 1.807) is 43.5 Å². The summed E-state index contributed by atoms with van der Waals surface area (Å²) in [6, 6.07) is 9.31. The molecule has 0 spiro atoms. The van der Waals surface area contributed by atoms with E-state index in [1.807, 2.05) is 0 Å². The van der Waals surface area contributed by atoms with Crippen LogP contribution < -0.4 is 18.9 Å². The largest absolute Gasteiger partial charge is 0.507 e. The summed E-state index contributed by atoms with van der Waals surface area (Å²) >= 11 is 0. The number of carbonyl (C=O) groups excluding carboxylic acids is 2. The van der Waals surface area contributed by atoms with Crippen molar-refractivity contribution in [3.8, 4) is 23.0 Å². The van der Waals surface area contributed by atoms with Gasteiger partial charge >= 0.3 is 0 Å². The Morgan fingerprint density at radius 1 is 0.972 bits per heavy atom. The minimum Gasteiger partial charge on any atom is -0.507 e. The quantitative estimate of drug-likeness (QED) is 0.356. The highest BCUT2D eigenvalue weighted by Gasteiger charge is 2.47. The lowest BCUT2D eigenvalue weighted by Gasteiger charge is -2.31. The van der Waals surface area contributed by atoms with E-state index >= 15 is 0 Å². The Hall–Kier alpha value is -3.72. The summed E-state index contributed by atoms with van der Waals surface area (Å²) in [7, 11) is 3.08. The number of ketones is 1. The van der Waals surface area contributed by atoms with E-state index in [4.69, 9.17) is 18.9 Å². The highest BCUT2D eigenvalue weighted by atomic mass is 16.7. The normalized spacial score (nSPS) is 21.2. The molecular weight excluding hydrogens is 464 g/mol. The van der Waals surface area contributed by atoms with Gasteiger partial charge < -0.3 is 33.9 Å². The van der Waals surface area contributed by atoms with E-state index in [2.05, 4.69) is 4.90 Å². The first-order chi connectivity index (χ1) is 17.5. The Morgan fingerprint density at radius 2 is 1.75 bits per heavy atom. The van der Waals surface area contributed by atoms with Crippen molar-refractivity contribution >= 4 is 17.4 Å². The minimum absolute atomic E-state index is 0.00376. The van der Waals surface area contributed by atoms with Crippen LogP contribution in [0.2, 0.25) is 0 Å². The van der Waals surface area contributed by atoms with Crippen LogP contribution in [0.25, 0.3) is 5.76 Å². The molecule has 3 aliphatic heterocycles. The van der Waals surface area contributed by atoms with Gasteiger partial charge in [-0.05, 0) is 62.3 Å². The number of hydrogen-bond acceptors (Lipinski definition) is 8. The number of carbonyl (C=O) groups is 2. The van der Waals surface area contributed by atoms with Gasteiger partial charge in [0.2, 0.25) is 6.79 Å². The zero-order chi connectivity index (χ0) is 25.2. The number of hydrogen-bond donors (Lipinski definition) is 1. The van der Waals surface area contributed by atoms with Gasteiger partial charge in [-0.2, -0.15) is 0 Å². The molecule has 36 heavy (non-hydrogen) atoms. The van der Waals surface area contributed by atoms with Crippen LogP contribution in [0.3, 0.4) is 0 Å². The summed E-state index contributed by atoms with van der Waals surface area (Å²) in [4.78, 5) is 30.6. The minimum atomic E-state index is -0.842. The van der Waals surface area contributed by atoms with Crippen LogP contribution in [0.1, 0.15) is 36.4 Å². The van der Waals surface area contributed by atoms with Crippen molar-refractivity contribution < 1.29 is 33.6 Å². The molecule has 1 unspecified atom stereocenters. The van der Waals surface area contributed by atoms with Crippen molar-refractivity contribution in [2.45, 2.75) is 25.3 Å². The summed E-state index contributed by atoms with van der Waals surface area (Å²) in [5.74, 6) is 0.399. The number of ether oxygens (including phenoxy) is 4. The molecule has 0 bridgehead atoms. The number of aliphatic hydroxyl groups is 1. The van der Waals surface area contributed by atoms with Crippen LogP contribution in [0.15, 0.2) is 42.0 Å². The van der Waals surface area contributed by atoms with Gasteiger partial charge in [0.25, 0.3) is 11.7 Å². The van der Waals surface area contributed by atoms with Crippen molar-refractivity contribution in [2.24, 2.45) is 0 Å². The van der Waals surface area contributed by atoms with Gasteiger partial charge in [0.05, 0.1) is 25.8 Å². The number of fused-ring (bicyclic) bond motifs is 1. The molecule has 2 aromatic carbocycles. The molecule has 3 heterocycles. The number of benzene rings is 2. The highest BCUT2D eigenvalue weighted by Crippen LogP contribution is 2.44. The van der Waals surface area contributed by atoms with E-state index in [0.29, 0.717) is 47.2 Å². The molecule has 0 radical (unpaired) electrons. The molecule has 2 aromatic rings. The van der Waals surface area contributed by atoms with Crippen LogP contribution in [-0.2, 0) is 9.59 Å². The number of amides is 1. The summed E-state index contributed by atoms with van der Waals surface area (Å²) < 4.78 is 21.8. The van der Waals surface area contributed by atoms with Gasteiger partial charge in [0.15, 0.2) is 11.5 Å². The van der Waals surface area contributed by atoms with Crippen molar-refractivity contribution in [2.75, 3.05) is 47.2 Å². The van der Waals surface area contributed by atoms with Crippen LogP contribution in [-0.4, -0.2) is 73.8 Å². The lowest BCUT2D eigenvalue weighted by Crippen LogP contribution is -2.40. The second kappa shape index (κ2) is 10.1. The van der Waals surface area contributed by atoms with Crippen molar-refractivity contribution in [1.29, 1.82) is 0 Å². The highest BCUT2D eigenvalue weighted by molar-refractivity contribution is 6.46. The number of rotatable bonds is 7. The first-order valence-corrected chi connectivity index (χ1v) is 12.1. The fourth-order valence-electron chi connectivity index (χ4n) is 5.12. The van der Waals surface area contributed by atoms with Crippen molar-refractivity contribution in [3.63, 3.8) is 0 Å². The number of methoxy groups -OCH3 is 2. The monoisotopic (exact) mass is 494 g/mol. The molecule has 1 N–H and O–H groups in total. The Morgan fingerprint density at radius 3 is 2.50 bits per heavy atom. The number of nitrogens with zero attached hydrogens (tertiary/aromatic N) is 2. The zero-order valence-electron chi connectivity index (χ0n) is 20.5. The summed E-state index contributed by atoms with van der Waals surface area (Å²) in [5.41, 5.74) is 0.932. The lowest BCUT2D eigenvalue weighted by atomic mass is 9.94. The summed E-state index contributed by atoms with van der Waals surface area (Å²) in [6.07, 6.45) is 3.45. The molecule has 5 rings (SSSR count). The summed E-state index contributed by atoms with van der Waals surface area (Å²) in [6.45, 7) is 3.00. The number of piperidine rings is 1. The first kappa shape index (κ1) is 24.0. The SMILES string of the molecule is COc1ccc(OC)c(C2/C(=C(\O)c3ccc4c(c3)OCO4)C(=O)C(=O)N2CCN2CCCCC2)c1. The van der Waals surface area contributed by atoms with Crippen LogP contribution in [0, 0.1) is 0 Å². The number of Topliss-reactive ketones (excluding diaryl/α,β-unsaturated/α-hetero) is 1. The van der Waals surface area contributed by atoms with E-state index < -0.39 is 17.7 Å². The van der Waals surface area contributed by atoms with Gasteiger partial charge in [-0.15, -0.1) is 0 Å². The van der Waals surface area contributed by atoms with Gasteiger partial charge in [0.1, 0.15) is 17.3 Å². The number of aliphatic hydroxyl groups excluding tert-OH is 1. The maximum atomic E-state index is 13.4. The third kappa shape index (κ3) is 4.35. The smallest absolute Gasteiger partial charge is 0.295 e. The van der Waals surface area contributed by atoms with Crippen LogP contribution >= 0.6 is 0 Å². The Bertz CT molecular complexity index is 1200. The molecule has 0 aliphatic carbocycles. The van der Waals surface area contributed by atoms with E-state index in [-0.39, 0.29) is 18.1 Å². The second-order valence-corrected chi connectivity index (χ2v) is 9.07. The van der Waals surface area contributed by atoms with Gasteiger partial charge in [-0.1, -0.05) is 6.42 Å². The Kier molecular flexibility index (Phi) is 6.73. The van der Waals surface area contributed by atoms with Crippen molar-refractivity contribution in [1.82, 2.24) is 9.80 Å². The molecule has 9 nitrogen and oxygen atoms in total. The van der Waals surface area contributed by atoms with Crippen molar-refractivity contribution in [3.05, 3.63) is 53.1 Å². The van der Waals surface area contributed by atoms with E-state index in [0.717, 1.165) is 25.9 Å². The molecule has 1 amide bonds. The van der Waals surface area contributed by atoms with Gasteiger partial charge in [0, 0.05) is 24.2 Å². The number of likely N-dealkylation sites (tertiary alicyclic amines) is 2. The zero-order valence-corrected chi connectivity index (χ0v) is 20.5. The second-order valence-electron chi connectivity index (χ2n) is 9.07. The fourth-order valence-corrected chi connectivity index (χ4v) is 5.12. The topological polar surface area (TPSA) is 97.8 Å². The average Bonchev–Trinajstić information content (AvgIpc) is 3.49. The lowest BCUT2D eigenvalue weighted by molar-refractivity contribution is -0.140. The molecular formula is C27H30N2O7. The van der Waals surface area contributed by atoms with Crippen LogP contribution in [0.5, 0.6) is 23.0 Å². The molecule has 190 valence electrons. The Balaban J connectivity index is 1.60. The molecule has 9 heteroatoms. The summed E-state index contributed by atoms with van der Waals surface area (Å²) in [5, 5.41) is 11.4. The average molecular weight is 495 g/mol. The molecule has 2 fully saturated rings. The molecule has 3 aliphatic rings. The standard InChI is InChI=1S/C27H30N2O7/c1-33-18-7-9-20(34-2)19(15-18)24-23(25(30)17-6-8-21-22(14-17)36-16-35-21)26(31)27(32)29(24)13-12-28-10-4-3-5-11-28/h6-9,14-15,24,30H,3-5,10-13,16H2,1-2H3/b25-23+. The molecule has 1 atom stereocenters. The fraction of sp³-hybridized carbons (Fsp3) is 0.407. The van der Waals surface area contributed by atoms with E-state index in [9.17, 15) is 14.7 Å². The van der Waals surface area contributed by atoms with Gasteiger partial charge in [-0.3, -0.25) is 9.59 Å². The van der Waals surface area contributed by atoms with Gasteiger partial charge in [-0.25, -0.2) is 0 Å². The molecule has 0 aromatic heterocycles.